The molecule has 9 saturated heterocycles. The van der Waals surface area contributed by atoms with Gasteiger partial charge in [-0.05, 0) is 276 Å². The first-order chi connectivity index (χ1) is 69.1. The second kappa shape index (κ2) is 61.3. The summed E-state index contributed by atoms with van der Waals surface area (Å²) in [6.07, 6.45) is 0.941. The highest BCUT2D eigenvalue weighted by Gasteiger charge is 2.64. The lowest BCUT2D eigenvalue weighted by Gasteiger charge is -2.50. The Kier molecular flexibility index (Phi) is 57.9. The Labute approximate surface area is 921 Å². The smallest absolute Gasteiger partial charge is 0.359 e. The number of hydrogen-bond acceptors (Lipinski definition) is 33. The van der Waals surface area contributed by atoms with Crippen LogP contribution in [0.3, 0.4) is 0 Å². The quantitative estimate of drug-likeness (QED) is 0.0279. The molecule has 150 heavy (non-hydrogen) atoms. The molecule has 55 heteroatoms. The minimum atomic E-state index is -4.24. The lowest BCUT2D eigenvalue weighted by molar-refractivity contribution is -0.153. The van der Waals surface area contributed by atoms with E-state index in [-0.39, 0.29) is 182 Å². The fraction of sp³-hybridized carbons (Fsp3) is 0.958. The van der Waals surface area contributed by atoms with Gasteiger partial charge in [0, 0.05) is 106 Å². The number of nitrogens with zero attached hydrogens (tertiary/aromatic N) is 5. The van der Waals surface area contributed by atoms with Gasteiger partial charge in [0.1, 0.15) is 114 Å². The maximum atomic E-state index is 14.2. The first-order valence-corrected chi connectivity index (χ1v) is 60.9. The maximum absolute atomic E-state index is 14.2. The number of likely N-dealkylation sites (N-methyl/N-ethyl adjacent to an activating group) is 2. The maximum Gasteiger partial charge on any atom is 0.359 e. The van der Waals surface area contributed by atoms with E-state index in [1.165, 1.54) is 37.5 Å². The number of ketones is 2. The van der Waals surface area contributed by atoms with E-state index in [1.54, 1.807) is 80.9 Å². The molecule has 38 nitrogen and oxygen atoms in total. The largest absolute Gasteiger partial charge is 0.382 e. The molecule has 0 spiro atoms. The number of amides is 2. The van der Waals surface area contributed by atoms with Gasteiger partial charge in [-0.1, -0.05) is 27.7 Å². The Bertz CT molecular complexity index is 4260. The van der Waals surface area contributed by atoms with Crippen molar-refractivity contribution in [2.45, 2.75) is 465 Å². The SMILES string of the molecule is CP=O.[3H]P=O.[B]C1CC(OC(C)(C)C)C(COP(=O)(O)C(C)(C)OC2CC([B])OC2CC)O1.[B]C1CC(OC(C)(C)C)C(COP(O)(=S)C(C)(C)OC2CC([B])OC2CC)O1.[B]C1CC(OC(C)(C)P(=O)(O)OCC23COC(C([B])O2)C3OC(C)(C)C)C(CC)O1.[B]C1CN(C(C)(C)C)CC(COP(=O)(N(C)C)C(C)(C)N2CC([B])OC(CC)C2)O1.[B]CC(=O)N(CCNC(C)(C)C(=O)CN(CC)C(=O)C[B])CC(=O)C(C)(C)NC. The molecule has 9 aliphatic heterocycles. The van der Waals surface area contributed by atoms with Crippen LogP contribution in [0.1, 0.15) is 259 Å². The van der Waals surface area contributed by atoms with Crippen LogP contribution < -0.4 is 10.6 Å². The molecule has 0 aromatic carbocycles. The Hall–Kier alpha value is -0.611. The van der Waals surface area contributed by atoms with E-state index in [1.807, 2.05) is 96.9 Å². The van der Waals surface area contributed by atoms with Gasteiger partial charge in [0.05, 0.1) is 151 Å². The molecular formula is C95H177B10N7O31P6S. The molecule has 20 radical (unpaired) electrons. The molecule has 9 heterocycles. The van der Waals surface area contributed by atoms with E-state index in [2.05, 4.69) is 48.1 Å². The van der Waals surface area contributed by atoms with Crippen LogP contribution in [0.5, 0.6) is 0 Å². The summed E-state index contributed by atoms with van der Waals surface area (Å²) in [5, 5.41) is 1.30. The molecule has 0 aliphatic carbocycles. The molecule has 2 amide bonds. The van der Waals surface area contributed by atoms with Crippen molar-refractivity contribution in [1.29, 1.82) is 1.28 Å². The van der Waals surface area contributed by atoms with Crippen LogP contribution in [0.4, 0.5) is 0 Å². The third-order valence-corrected chi connectivity index (χ3v) is 37.6. The first-order valence-electron chi connectivity index (χ1n) is 52.3. The summed E-state index contributed by atoms with van der Waals surface area (Å²) in [6, 6.07) is -3.67. The van der Waals surface area contributed by atoms with Gasteiger partial charge in [0.2, 0.25) is 18.3 Å². The van der Waals surface area contributed by atoms with Gasteiger partial charge < -0.3 is 124 Å². The van der Waals surface area contributed by atoms with E-state index in [0.717, 1.165) is 12.8 Å². The topological polar surface area (TPSA) is 430 Å². The van der Waals surface area contributed by atoms with Crippen molar-refractivity contribution in [2.24, 2.45) is 0 Å². The monoisotopic (exact) mass is 2240 g/mol. The standard InChI is InChI=1S/C20H40B2N3O4P.C19H34B2N4O4.C19H33B2O8P.C18H33B2O7P.C18H33B2O6PS.CH3OP.HOP/c1-9-15-10-25(13-18(22)28-15)20(5,6)30(26,23(7)8)27-14-16-11-24(19(2,3)4)12-17(21)29-16;1-7-24(16(28)10-20)12-15(27)19(4,5)23-8-9-25(17(29)11-21)13-14(26)18(2,3)22-6;1-7-11-12(8-13(20)26-11)27-18(5,6)30(22,23)25-10-19-9-24-14(16(21)29-19)15(19)28-17(2,3)4;1-7-11-12(8-15(19)24-11)27-18(5,6)28(21,22)23-10-14-13(9-16(20)25-14)26-17(2,3)4;1-7-11-12(8-15(19)23-11)26-18(5,6)27(21,28)22-10-14-13(9-16(20)24-14)25-17(2,3)4;1-3-2;1-2/h15-18H,9-14H2,1-8H3;22-23H,7-13H2,1-6H3;11-16H,7-10H2,1-6H3,(H,22,23);11-16H,7-10H2,1-6H3,(H,21,22);11-16H,7-10H2,1-6H3,(H,21,28);1H3;2H/i;;;;;;2T. The van der Waals surface area contributed by atoms with Crippen LogP contribution in [0.15, 0.2) is 0 Å². The number of ether oxygens (including phenoxy) is 15. The fourth-order valence-electron chi connectivity index (χ4n) is 17.7. The third-order valence-electron chi connectivity index (χ3n) is 26.8. The summed E-state index contributed by atoms with van der Waals surface area (Å²) in [5.74, 6) is -0.954. The zero-order chi connectivity index (χ0) is 116. The van der Waals surface area contributed by atoms with E-state index < -0.39 is 154 Å². The van der Waals surface area contributed by atoms with Crippen LogP contribution in [0, 0.1) is 0 Å². The van der Waals surface area contributed by atoms with E-state index in [9.17, 15) is 47.6 Å². The zero-order valence-electron chi connectivity index (χ0n) is 96.8. The lowest BCUT2D eigenvalue weighted by Crippen LogP contribution is -2.58. The van der Waals surface area contributed by atoms with Gasteiger partial charge in [-0.25, -0.2) is 4.67 Å². The highest BCUT2D eigenvalue weighted by molar-refractivity contribution is 8.10. The molecule has 9 aliphatic rings. The van der Waals surface area contributed by atoms with Crippen LogP contribution in [0.2, 0.25) is 12.6 Å². The van der Waals surface area contributed by atoms with Crippen molar-refractivity contribution in [3.05, 3.63) is 0 Å². The number of morpholine rings is 2. The molecule has 0 saturated carbocycles. The average molecular weight is 2240 g/mol. The normalized spacial score (nSPS) is 30.9. The number of carbonyl (C=O) groups is 4. The highest BCUT2D eigenvalue weighted by Crippen LogP contribution is 2.64. The fourth-order valence-corrected chi connectivity index (χ4v) is 23.2. The van der Waals surface area contributed by atoms with E-state index in [4.69, 9.17) is 190 Å². The number of rotatable bonds is 45. The molecule has 844 valence electrons. The van der Waals surface area contributed by atoms with E-state index in [0.29, 0.717) is 77.7 Å². The van der Waals surface area contributed by atoms with Gasteiger partial charge in [-0.15, -0.1) is 0 Å². The summed E-state index contributed by atoms with van der Waals surface area (Å²) in [7, 11) is 51.7. The van der Waals surface area contributed by atoms with E-state index >= 15 is 0 Å². The van der Waals surface area contributed by atoms with Crippen molar-refractivity contribution >= 4 is 160 Å². The molecule has 2 bridgehead atoms. The number of nitrogens with one attached hydrogen (secondary N) is 2. The molecule has 0 aromatic rings. The van der Waals surface area contributed by atoms with Crippen molar-refractivity contribution < 1.29 is 146 Å². The summed E-state index contributed by atoms with van der Waals surface area (Å²) in [5.41, 5.74) is -3.98. The van der Waals surface area contributed by atoms with Crippen molar-refractivity contribution in [1.82, 2.24) is 34.9 Å². The average Bonchev–Trinajstić information content (AvgIpc) is 1.34. The summed E-state index contributed by atoms with van der Waals surface area (Å²) in [4.78, 5) is 88.4. The number of Topliss-reactive ketones (excluding diaryl/α,β-unsaturated/α-hetero) is 2. The molecule has 0 aromatic heterocycles. The van der Waals surface area contributed by atoms with Crippen molar-refractivity contribution in [2.75, 3.05) is 120 Å². The van der Waals surface area contributed by atoms with Gasteiger partial charge in [-0.3, -0.25) is 51.8 Å². The van der Waals surface area contributed by atoms with Crippen LogP contribution >= 0.6 is 46.7 Å². The van der Waals surface area contributed by atoms with Crippen molar-refractivity contribution in [3.8, 4) is 0 Å². The number of carbonyl (C=O) groups excluding carboxylic acids is 4. The van der Waals surface area contributed by atoms with Crippen LogP contribution in [-0.2, 0) is 143 Å². The Morgan fingerprint density at radius 2 is 0.867 bits per heavy atom. The Balaban J connectivity index is 0.000000478. The molecule has 27 unspecified atom stereocenters. The van der Waals surface area contributed by atoms with Crippen molar-refractivity contribution in [3.63, 3.8) is 0 Å². The van der Waals surface area contributed by atoms with Crippen LogP contribution in [0.25, 0.3) is 0 Å². The highest BCUT2D eigenvalue weighted by atomic mass is 32.5. The molecular weight excluding hydrogens is 2060 g/mol. The number of fused-ring (bicyclic) bond motifs is 2. The second-order valence-electron chi connectivity index (χ2n) is 46.0. The molecule has 27 atom stereocenters. The van der Waals surface area contributed by atoms with Gasteiger partial charge >= 0.3 is 15.2 Å². The lowest BCUT2D eigenvalue weighted by atomic mass is 9.91. The first kappa shape index (κ1) is 142. The Morgan fingerprint density at radius 1 is 0.500 bits per heavy atom. The minimum Gasteiger partial charge on any atom is -0.382 e. The van der Waals surface area contributed by atoms with Gasteiger partial charge in [0.15, 0.2) is 30.7 Å². The molecule has 5 N–H and O–H groups in total. The minimum absolute atomic E-state index is 0.0173. The number of hydrogen-bond donors (Lipinski definition) is 5. The molecule has 9 rings (SSSR count). The Morgan fingerprint density at radius 3 is 1.25 bits per heavy atom. The molecule has 9 fully saturated rings. The summed E-state index contributed by atoms with van der Waals surface area (Å²) < 4.78 is 176. The van der Waals surface area contributed by atoms with Gasteiger partial charge in [0.25, 0.3) is 7.52 Å². The predicted octanol–water partition coefficient (Wildman–Crippen LogP) is 9.72. The van der Waals surface area contributed by atoms with Crippen LogP contribution in [-0.4, -0.2) is 456 Å². The van der Waals surface area contributed by atoms with Gasteiger partial charge in [-0.2, -0.15) is 0 Å². The summed E-state index contributed by atoms with van der Waals surface area (Å²) >= 11 is 5.45. The predicted molar refractivity (Wildman–Crippen MR) is 595 cm³/mol. The summed E-state index contributed by atoms with van der Waals surface area (Å²) in [6.45, 7) is 55.8. The second-order valence-corrected chi connectivity index (χ2v) is 58.2. The third kappa shape index (κ3) is 43.5. The zero-order valence-corrected chi connectivity index (χ0v) is 102.